The zero-order valence-electron chi connectivity index (χ0n) is 18.9. The molecule has 2 saturated carbocycles. The molecule has 3 atom stereocenters. The fourth-order valence-electron chi connectivity index (χ4n) is 5.57. The molecule has 2 aliphatic carbocycles. The van der Waals surface area contributed by atoms with E-state index in [1.807, 2.05) is 0 Å². The third-order valence-corrected chi connectivity index (χ3v) is 7.64. The van der Waals surface area contributed by atoms with Gasteiger partial charge in [-0.25, -0.2) is 0 Å². The molecule has 31 heavy (non-hydrogen) atoms. The number of nitrogens with one attached hydrogen (secondary N) is 2. The average Bonchev–Trinajstić information content (AvgIpc) is 2.79. The van der Waals surface area contributed by atoms with Crippen molar-refractivity contribution in [2.24, 2.45) is 23.7 Å². The molecule has 0 radical (unpaired) electrons. The van der Waals surface area contributed by atoms with Gasteiger partial charge in [-0.15, -0.1) is 0 Å². The highest BCUT2D eigenvalue weighted by Crippen LogP contribution is 2.42. The van der Waals surface area contributed by atoms with Crippen LogP contribution in [0.2, 0.25) is 0 Å². The average molecular weight is 431 g/mol. The van der Waals surface area contributed by atoms with Gasteiger partial charge >= 0.3 is 0 Å². The highest BCUT2D eigenvalue weighted by atomic mass is 16.5. The van der Waals surface area contributed by atoms with Gasteiger partial charge in [0.25, 0.3) is 5.91 Å². The first-order chi connectivity index (χ1) is 15.1. The van der Waals surface area contributed by atoms with Crippen LogP contribution in [-0.2, 0) is 14.3 Å². The van der Waals surface area contributed by atoms with Crippen LogP contribution in [0.25, 0.3) is 0 Å². The number of hydrogen-bond acceptors (Lipinski definition) is 6. The van der Waals surface area contributed by atoms with Gasteiger partial charge in [-0.05, 0) is 75.7 Å². The van der Waals surface area contributed by atoms with Crippen LogP contribution in [0.5, 0.6) is 0 Å². The van der Waals surface area contributed by atoms with E-state index in [1.54, 1.807) is 7.11 Å². The molecule has 0 bridgehead atoms. The normalized spacial score (nSPS) is 35.6. The van der Waals surface area contributed by atoms with E-state index in [4.69, 9.17) is 14.7 Å². The summed E-state index contributed by atoms with van der Waals surface area (Å²) in [5.74, 6) is 2.10. The Bertz CT molecular complexity index is 642. The molecule has 1 saturated heterocycles. The molecule has 0 aromatic rings. The highest BCUT2D eigenvalue weighted by molar-refractivity contribution is 5.81. The Morgan fingerprint density at radius 1 is 1.10 bits per heavy atom. The molecule has 0 aromatic heterocycles. The van der Waals surface area contributed by atoms with Gasteiger partial charge in [0.15, 0.2) is 0 Å². The number of nitrogens with zero attached hydrogens (tertiary/aromatic N) is 2. The summed E-state index contributed by atoms with van der Waals surface area (Å²) in [5.41, 5.74) is 0. The third kappa shape index (κ3) is 7.17. The van der Waals surface area contributed by atoms with E-state index in [0.717, 1.165) is 56.9 Å². The lowest BCUT2D eigenvalue weighted by molar-refractivity contribution is -0.136. The molecule has 3 fully saturated rings. The maximum absolute atomic E-state index is 12.7. The van der Waals surface area contributed by atoms with Gasteiger partial charge in [-0.3, -0.25) is 4.79 Å². The quantitative estimate of drug-likeness (QED) is 0.671. The zero-order chi connectivity index (χ0) is 22.1. The number of methoxy groups -OCH3 is 1. The predicted molar refractivity (Wildman–Crippen MR) is 117 cm³/mol. The van der Waals surface area contributed by atoms with Gasteiger partial charge in [0, 0.05) is 19.6 Å². The van der Waals surface area contributed by atoms with Crippen LogP contribution in [0, 0.1) is 46.3 Å². The van der Waals surface area contributed by atoms with Crippen LogP contribution >= 0.6 is 0 Å². The smallest absolute Gasteiger partial charge is 0.251 e. The molecule has 0 unspecified atom stereocenters. The van der Waals surface area contributed by atoms with Crippen molar-refractivity contribution in [3.8, 4) is 12.1 Å². The molecule has 0 aromatic carbocycles. The minimum atomic E-state index is -0.590. The second-order valence-corrected chi connectivity index (χ2v) is 9.62. The van der Waals surface area contributed by atoms with Crippen LogP contribution in [0.1, 0.15) is 64.2 Å². The molecule has 1 aliphatic heterocycles. The number of hydrogen-bond donors (Lipinski definition) is 2. The summed E-state index contributed by atoms with van der Waals surface area (Å²) >= 11 is 0. The van der Waals surface area contributed by atoms with Crippen LogP contribution < -0.4 is 10.6 Å². The van der Waals surface area contributed by atoms with Gasteiger partial charge in [-0.1, -0.05) is 12.8 Å². The number of nitriles is 2. The lowest BCUT2D eigenvalue weighted by Crippen LogP contribution is -2.49. The van der Waals surface area contributed by atoms with Crippen LogP contribution in [0.4, 0.5) is 0 Å². The molecular weight excluding hydrogens is 392 g/mol. The molecular formula is C24H38N4O3. The molecule has 1 heterocycles. The fraction of sp³-hybridized carbons (Fsp3) is 0.875. The summed E-state index contributed by atoms with van der Waals surface area (Å²) in [5, 5.41) is 24.9. The SMILES string of the molecule is CO[C@H]1CCNC[C@@H](C(=O)N[C@H](C#N)CC2CCC(C3CCC(C#N)CC3)CC2)OC1. The van der Waals surface area contributed by atoms with Crippen molar-refractivity contribution in [3.63, 3.8) is 0 Å². The molecule has 2 N–H and O–H groups in total. The number of amides is 1. The van der Waals surface area contributed by atoms with Crippen molar-refractivity contribution in [2.75, 3.05) is 26.8 Å². The number of ether oxygens (including phenoxy) is 2. The zero-order valence-corrected chi connectivity index (χ0v) is 18.9. The van der Waals surface area contributed by atoms with Crippen molar-refractivity contribution in [1.29, 1.82) is 10.5 Å². The third-order valence-electron chi connectivity index (χ3n) is 7.64. The van der Waals surface area contributed by atoms with Gasteiger partial charge in [-0.2, -0.15) is 10.5 Å². The number of carbonyl (C=O) groups excluding carboxylic acids is 1. The second-order valence-electron chi connectivity index (χ2n) is 9.62. The first-order valence-corrected chi connectivity index (χ1v) is 12.1. The molecule has 0 spiro atoms. The van der Waals surface area contributed by atoms with Crippen molar-refractivity contribution in [1.82, 2.24) is 10.6 Å². The lowest BCUT2D eigenvalue weighted by Gasteiger charge is -2.37. The minimum absolute atomic E-state index is 0.0139. The van der Waals surface area contributed by atoms with E-state index >= 15 is 0 Å². The largest absolute Gasteiger partial charge is 0.379 e. The first-order valence-electron chi connectivity index (χ1n) is 12.1. The Morgan fingerprint density at radius 3 is 2.39 bits per heavy atom. The van der Waals surface area contributed by atoms with Crippen molar-refractivity contribution < 1.29 is 14.3 Å². The van der Waals surface area contributed by atoms with Gasteiger partial charge in [0.05, 0.1) is 24.8 Å². The van der Waals surface area contributed by atoms with Gasteiger partial charge in [0.1, 0.15) is 12.1 Å². The van der Waals surface area contributed by atoms with E-state index in [-0.39, 0.29) is 17.9 Å². The predicted octanol–water partition coefficient (Wildman–Crippen LogP) is 2.91. The van der Waals surface area contributed by atoms with E-state index in [9.17, 15) is 10.1 Å². The summed E-state index contributed by atoms with van der Waals surface area (Å²) in [7, 11) is 1.66. The van der Waals surface area contributed by atoms with Crippen LogP contribution in [-0.4, -0.2) is 51.0 Å². The molecule has 1 amide bonds. The van der Waals surface area contributed by atoms with E-state index in [1.165, 1.54) is 25.7 Å². The second kappa shape index (κ2) is 12.4. The van der Waals surface area contributed by atoms with E-state index in [0.29, 0.717) is 19.1 Å². The van der Waals surface area contributed by atoms with Crippen molar-refractivity contribution in [2.45, 2.75) is 82.5 Å². The van der Waals surface area contributed by atoms with E-state index in [2.05, 4.69) is 22.8 Å². The minimum Gasteiger partial charge on any atom is -0.379 e. The number of carbonyl (C=O) groups is 1. The number of rotatable bonds is 6. The summed E-state index contributed by atoms with van der Waals surface area (Å²) in [4.78, 5) is 12.7. The summed E-state index contributed by atoms with van der Waals surface area (Å²) in [6, 6.07) is 4.25. The van der Waals surface area contributed by atoms with Crippen molar-refractivity contribution >= 4 is 5.91 Å². The molecule has 3 aliphatic rings. The van der Waals surface area contributed by atoms with Crippen LogP contribution in [0.15, 0.2) is 0 Å². The molecule has 3 rings (SSSR count). The Morgan fingerprint density at radius 2 is 1.77 bits per heavy atom. The summed E-state index contributed by atoms with van der Waals surface area (Å²) in [6.45, 7) is 1.64. The molecule has 7 nitrogen and oxygen atoms in total. The fourth-order valence-corrected chi connectivity index (χ4v) is 5.57. The van der Waals surface area contributed by atoms with E-state index < -0.39 is 12.1 Å². The molecule has 7 heteroatoms. The summed E-state index contributed by atoms with van der Waals surface area (Å²) < 4.78 is 11.1. The Balaban J connectivity index is 1.40. The Hall–Kier alpha value is -1.67. The topological polar surface area (TPSA) is 107 Å². The van der Waals surface area contributed by atoms with Gasteiger partial charge < -0.3 is 20.1 Å². The summed E-state index contributed by atoms with van der Waals surface area (Å²) in [6.07, 6.45) is 10.2. The Labute approximate surface area is 186 Å². The maximum Gasteiger partial charge on any atom is 0.251 e. The Kier molecular flexibility index (Phi) is 9.58. The maximum atomic E-state index is 12.7. The standard InChI is InChI=1S/C24H38N4O3/c1-30-22-10-11-27-15-23(31-16-22)24(29)28-21(14-26)12-17-2-6-19(7-3-17)20-8-4-18(13-25)5-9-20/h17-23,27H,2-12,15-16H2,1H3,(H,28,29)/t17?,18?,19?,20?,21-,22-,23-/m0/s1. The first kappa shape index (κ1) is 24.0. The monoisotopic (exact) mass is 430 g/mol. The highest BCUT2D eigenvalue weighted by Gasteiger charge is 2.32. The lowest BCUT2D eigenvalue weighted by atomic mass is 9.69. The van der Waals surface area contributed by atoms with Gasteiger partial charge in [0.2, 0.25) is 0 Å². The van der Waals surface area contributed by atoms with Crippen LogP contribution in [0.3, 0.4) is 0 Å². The molecule has 172 valence electrons. The van der Waals surface area contributed by atoms with Crippen molar-refractivity contribution in [3.05, 3.63) is 0 Å².